The van der Waals surface area contributed by atoms with Gasteiger partial charge in [0.25, 0.3) is 0 Å². The summed E-state index contributed by atoms with van der Waals surface area (Å²) in [5.41, 5.74) is 2.62. The minimum atomic E-state index is 0.0710. The first-order chi connectivity index (χ1) is 9.16. The smallest absolute Gasteiger partial charge is 0.231 e. The molecule has 4 heteroatoms. The van der Waals surface area contributed by atoms with Crippen LogP contribution in [0.4, 0.5) is 5.69 Å². The van der Waals surface area contributed by atoms with Crippen LogP contribution in [-0.2, 0) is 16.0 Å². The minimum absolute atomic E-state index is 0.0710. The van der Waals surface area contributed by atoms with E-state index in [0.29, 0.717) is 19.6 Å². The van der Waals surface area contributed by atoms with E-state index in [1.54, 1.807) is 11.9 Å². The van der Waals surface area contributed by atoms with Gasteiger partial charge in [-0.3, -0.25) is 9.59 Å². The molecule has 1 aromatic carbocycles. The van der Waals surface area contributed by atoms with Crippen molar-refractivity contribution in [3.8, 4) is 0 Å². The highest BCUT2D eigenvalue weighted by atomic mass is 16.5. The van der Waals surface area contributed by atoms with E-state index in [0.717, 1.165) is 29.7 Å². The zero-order valence-electron chi connectivity index (χ0n) is 11.0. The molecule has 1 aromatic rings. The predicted octanol–water partition coefficient (Wildman–Crippen LogP) is 1.81. The number of benzene rings is 1. The molecule has 2 aliphatic rings. The number of ketones is 1. The minimum Gasteiger partial charge on any atom is -0.381 e. The normalized spacial score (nSPS) is 19.6. The Kier molecular flexibility index (Phi) is 3.11. The van der Waals surface area contributed by atoms with Crippen molar-refractivity contribution >= 4 is 17.4 Å². The molecule has 0 radical (unpaired) electrons. The lowest BCUT2D eigenvalue weighted by Crippen LogP contribution is -2.23. The van der Waals surface area contributed by atoms with Crippen molar-refractivity contribution in [2.24, 2.45) is 5.92 Å². The van der Waals surface area contributed by atoms with Crippen LogP contribution in [0, 0.1) is 5.92 Å². The van der Waals surface area contributed by atoms with Gasteiger partial charge < -0.3 is 9.64 Å². The van der Waals surface area contributed by atoms with Gasteiger partial charge in [-0.05, 0) is 36.6 Å². The number of carbonyl (C=O) groups excluding carboxylic acids is 2. The third-order valence-corrected chi connectivity index (χ3v) is 4.03. The third-order valence-electron chi connectivity index (χ3n) is 4.03. The average molecular weight is 259 g/mol. The van der Waals surface area contributed by atoms with E-state index in [9.17, 15) is 9.59 Å². The Balaban J connectivity index is 1.85. The average Bonchev–Trinajstić information content (AvgIpc) is 2.74. The molecule has 0 saturated carbocycles. The maximum Gasteiger partial charge on any atom is 0.231 e. The number of anilines is 1. The highest BCUT2D eigenvalue weighted by Crippen LogP contribution is 2.30. The molecule has 0 unspecified atom stereocenters. The fourth-order valence-corrected chi connectivity index (χ4v) is 2.82. The maximum atomic E-state index is 12.4. The summed E-state index contributed by atoms with van der Waals surface area (Å²) in [5, 5.41) is 0. The summed E-state index contributed by atoms with van der Waals surface area (Å²) in [6.07, 6.45) is 2.00. The lowest BCUT2D eigenvalue weighted by Gasteiger charge is -2.21. The van der Waals surface area contributed by atoms with Crippen molar-refractivity contribution in [2.75, 3.05) is 25.2 Å². The van der Waals surface area contributed by atoms with Crippen LogP contribution in [0.1, 0.15) is 28.8 Å². The highest BCUT2D eigenvalue weighted by Gasteiger charge is 2.27. The monoisotopic (exact) mass is 259 g/mol. The number of amides is 1. The fraction of sp³-hybridized carbons (Fsp3) is 0.467. The van der Waals surface area contributed by atoms with Crippen molar-refractivity contribution in [3.63, 3.8) is 0 Å². The maximum absolute atomic E-state index is 12.4. The molecule has 4 nitrogen and oxygen atoms in total. The van der Waals surface area contributed by atoms with Gasteiger partial charge in [-0.2, -0.15) is 0 Å². The summed E-state index contributed by atoms with van der Waals surface area (Å²) < 4.78 is 5.28. The number of fused-ring (bicyclic) bond motifs is 1. The van der Waals surface area contributed by atoms with Gasteiger partial charge in [-0.25, -0.2) is 0 Å². The fourth-order valence-electron chi connectivity index (χ4n) is 2.82. The summed E-state index contributed by atoms with van der Waals surface area (Å²) in [5.74, 6) is 0.348. The Labute approximate surface area is 112 Å². The second kappa shape index (κ2) is 4.78. The molecule has 1 fully saturated rings. The van der Waals surface area contributed by atoms with Crippen LogP contribution < -0.4 is 4.90 Å². The first kappa shape index (κ1) is 12.4. The molecule has 0 aromatic heterocycles. The van der Waals surface area contributed by atoms with E-state index in [2.05, 4.69) is 0 Å². The first-order valence-corrected chi connectivity index (χ1v) is 6.68. The second-order valence-corrected chi connectivity index (χ2v) is 5.22. The van der Waals surface area contributed by atoms with Gasteiger partial charge in [0.05, 0.1) is 6.42 Å². The lowest BCUT2D eigenvalue weighted by atomic mass is 9.90. The van der Waals surface area contributed by atoms with E-state index in [1.807, 2.05) is 18.2 Å². The number of Topliss-reactive ketones (excluding diaryl/α,β-unsaturated/α-hetero) is 1. The molecule has 3 rings (SSSR count). The lowest BCUT2D eigenvalue weighted by molar-refractivity contribution is -0.117. The third kappa shape index (κ3) is 2.16. The van der Waals surface area contributed by atoms with Crippen LogP contribution in [0.5, 0.6) is 0 Å². The van der Waals surface area contributed by atoms with Gasteiger partial charge in [0.1, 0.15) is 0 Å². The standard InChI is InChI=1S/C15H17NO3/c1-16-13-3-2-11(8-12(13)9-14(16)17)15(18)10-4-6-19-7-5-10/h2-3,8,10H,4-7,9H2,1H3. The number of rotatable bonds is 2. The molecule has 0 aliphatic carbocycles. The van der Waals surface area contributed by atoms with E-state index in [-0.39, 0.29) is 17.6 Å². The van der Waals surface area contributed by atoms with E-state index in [1.165, 1.54) is 0 Å². The zero-order valence-corrected chi connectivity index (χ0v) is 11.0. The highest BCUT2D eigenvalue weighted by molar-refractivity contribution is 6.03. The predicted molar refractivity (Wildman–Crippen MR) is 71.4 cm³/mol. The summed E-state index contributed by atoms with van der Waals surface area (Å²) in [6, 6.07) is 5.60. The van der Waals surface area contributed by atoms with Gasteiger partial charge in [-0.1, -0.05) is 0 Å². The van der Waals surface area contributed by atoms with Crippen LogP contribution in [0.3, 0.4) is 0 Å². The van der Waals surface area contributed by atoms with E-state index in [4.69, 9.17) is 4.74 Å². The van der Waals surface area contributed by atoms with E-state index < -0.39 is 0 Å². The van der Waals surface area contributed by atoms with Crippen molar-refractivity contribution in [2.45, 2.75) is 19.3 Å². The van der Waals surface area contributed by atoms with Gasteiger partial charge in [0.2, 0.25) is 5.91 Å². The first-order valence-electron chi connectivity index (χ1n) is 6.68. The zero-order chi connectivity index (χ0) is 13.4. The quantitative estimate of drug-likeness (QED) is 0.761. The van der Waals surface area contributed by atoms with Gasteiger partial charge in [-0.15, -0.1) is 0 Å². The second-order valence-electron chi connectivity index (χ2n) is 5.22. The molecule has 2 heterocycles. The summed E-state index contributed by atoms with van der Waals surface area (Å²) in [4.78, 5) is 25.7. The molecule has 1 amide bonds. The van der Waals surface area contributed by atoms with Crippen molar-refractivity contribution in [1.82, 2.24) is 0 Å². The van der Waals surface area contributed by atoms with Gasteiger partial charge >= 0.3 is 0 Å². The van der Waals surface area contributed by atoms with Crippen molar-refractivity contribution < 1.29 is 14.3 Å². The molecule has 0 spiro atoms. The van der Waals surface area contributed by atoms with Crippen molar-refractivity contribution in [1.29, 1.82) is 0 Å². The van der Waals surface area contributed by atoms with Crippen LogP contribution in [0.25, 0.3) is 0 Å². The largest absolute Gasteiger partial charge is 0.381 e. The number of carbonyl (C=O) groups is 2. The summed E-state index contributed by atoms with van der Waals surface area (Å²) >= 11 is 0. The Morgan fingerprint density at radius 1 is 1.32 bits per heavy atom. The van der Waals surface area contributed by atoms with Crippen LogP contribution in [-0.4, -0.2) is 32.0 Å². The van der Waals surface area contributed by atoms with Crippen molar-refractivity contribution in [3.05, 3.63) is 29.3 Å². The Bertz CT molecular complexity index is 532. The number of likely N-dealkylation sites (N-methyl/N-ethyl adjacent to an activating group) is 1. The number of hydrogen-bond acceptors (Lipinski definition) is 3. The molecule has 2 aliphatic heterocycles. The van der Waals surface area contributed by atoms with Gasteiger partial charge in [0.15, 0.2) is 5.78 Å². The molecule has 0 atom stereocenters. The Morgan fingerprint density at radius 3 is 2.79 bits per heavy atom. The van der Waals surface area contributed by atoms with Crippen LogP contribution in [0.15, 0.2) is 18.2 Å². The molecule has 1 saturated heterocycles. The molecular weight excluding hydrogens is 242 g/mol. The topological polar surface area (TPSA) is 46.6 Å². The molecular formula is C15H17NO3. The Hall–Kier alpha value is -1.68. The van der Waals surface area contributed by atoms with Crippen LogP contribution in [0.2, 0.25) is 0 Å². The number of ether oxygens (including phenoxy) is 1. The van der Waals surface area contributed by atoms with Gasteiger partial charge in [0, 0.05) is 37.4 Å². The molecule has 0 N–H and O–H groups in total. The molecule has 19 heavy (non-hydrogen) atoms. The Morgan fingerprint density at radius 2 is 2.05 bits per heavy atom. The SMILES string of the molecule is CN1C(=O)Cc2cc(C(=O)C3CCOCC3)ccc21. The van der Waals surface area contributed by atoms with Crippen LogP contribution >= 0.6 is 0 Å². The number of hydrogen-bond donors (Lipinski definition) is 0. The molecule has 0 bridgehead atoms. The summed E-state index contributed by atoms with van der Waals surface area (Å²) in [6.45, 7) is 1.34. The number of nitrogens with zero attached hydrogens (tertiary/aromatic N) is 1. The van der Waals surface area contributed by atoms with E-state index >= 15 is 0 Å². The summed E-state index contributed by atoms with van der Waals surface area (Å²) in [7, 11) is 1.77. The molecule has 100 valence electrons.